The van der Waals surface area contributed by atoms with Crippen LogP contribution in [0.5, 0.6) is 0 Å². The van der Waals surface area contributed by atoms with E-state index in [2.05, 4.69) is 11.9 Å². The van der Waals surface area contributed by atoms with Crippen LogP contribution in [0.2, 0.25) is 0 Å². The number of carbonyl (C=O) groups is 1. The molecule has 0 bridgehead atoms. The van der Waals surface area contributed by atoms with Crippen LogP contribution < -0.4 is 0 Å². The largest absolute Gasteiger partial charge is 0.366 e. The molecule has 0 aromatic heterocycles. The van der Waals surface area contributed by atoms with Crippen molar-refractivity contribution in [3.05, 3.63) is 0 Å². The molecule has 74 valence electrons. The fourth-order valence-corrected chi connectivity index (χ4v) is 2.00. The summed E-state index contributed by atoms with van der Waals surface area (Å²) in [5, 5.41) is 0. The standard InChI is InChI=1S/C9H16N2O2/c1-7-9(12)11-4-3-10(2)5-8(11)6-13-7/h7-8H,3-6H2,1-2H3/t7-,8-/m0/s1. The van der Waals surface area contributed by atoms with Gasteiger partial charge in [0.25, 0.3) is 5.91 Å². The van der Waals surface area contributed by atoms with Crippen molar-refractivity contribution in [2.75, 3.05) is 33.3 Å². The average molecular weight is 184 g/mol. The third-order valence-corrected chi connectivity index (χ3v) is 2.86. The van der Waals surface area contributed by atoms with Gasteiger partial charge in [0.05, 0.1) is 12.6 Å². The van der Waals surface area contributed by atoms with Gasteiger partial charge in [-0.25, -0.2) is 0 Å². The maximum absolute atomic E-state index is 11.6. The summed E-state index contributed by atoms with van der Waals surface area (Å²) in [6.45, 7) is 5.30. The lowest BCUT2D eigenvalue weighted by Gasteiger charge is -2.44. The molecule has 2 atom stereocenters. The maximum Gasteiger partial charge on any atom is 0.251 e. The Hall–Kier alpha value is -0.610. The SMILES string of the molecule is C[C@@H]1OC[C@@H]2CN(C)CCN2C1=O. The number of rotatable bonds is 0. The quantitative estimate of drug-likeness (QED) is 0.511. The highest BCUT2D eigenvalue weighted by Gasteiger charge is 2.36. The summed E-state index contributed by atoms with van der Waals surface area (Å²) in [7, 11) is 2.08. The topological polar surface area (TPSA) is 32.8 Å². The van der Waals surface area contributed by atoms with Crippen molar-refractivity contribution in [2.24, 2.45) is 0 Å². The maximum atomic E-state index is 11.6. The number of hydrogen-bond acceptors (Lipinski definition) is 3. The Labute approximate surface area is 78.4 Å². The van der Waals surface area contributed by atoms with Crippen molar-refractivity contribution in [1.82, 2.24) is 9.80 Å². The minimum atomic E-state index is -0.236. The van der Waals surface area contributed by atoms with Crippen LogP contribution in [0.3, 0.4) is 0 Å². The van der Waals surface area contributed by atoms with Gasteiger partial charge in [0.15, 0.2) is 0 Å². The van der Waals surface area contributed by atoms with Gasteiger partial charge in [-0.2, -0.15) is 0 Å². The Morgan fingerprint density at radius 3 is 3.00 bits per heavy atom. The molecule has 0 unspecified atom stereocenters. The van der Waals surface area contributed by atoms with Crippen LogP contribution in [0.15, 0.2) is 0 Å². The van der Waals surface area contributed by atoms with Crippen molar-refractivity contribution < 1.29 is 9.53 Å². The lowest BCUT2D eigenvalue weighted by Crippen LogP contribution is -2.61. The molecule has 4 nitrogen and oxygen atoms in total. The first-order chi connectivity index (χ1) is 6.18. The highest BCUT2D eigenvalue weighted by atomic mass is 16.5. The first-order valence-corrected chi connectivity index (χ1v) is 4.79. The van der Waals surface area contributed by atoms with E-state index in [1.807, 2.05) is 11.8 Å². The van der Waals surface area contributed by atoms with E-state index in [0.717, 1.165) is 19.6 Å². The molecule has 13 heavy (non-hydrogen) atoms. The lowest BCUT2D eigenvalue weighted by molar-refractivity contribution is -0.161. The van der Waals surface area contributed by atoms with Crippen LogP contribution in [-0.2, 0) is 9.53 Å². The first-order valence-electron chi connectivity index (χ1n) is 4.79. The number of ether oxygens (including phenoxy) is 1. The van der Waals surface area contributed by atoms with Gasteiger partial charge in [0, 0.05) is 19.6 Å². The zero-order chi connectivity index (χ0) is 9.42. The van der Waals surface area contributed by atoms with Crippen molar-refractivity contribution in [3.63, 3.8) is 0 Å². The summed E-state index contributed by atoms with van der Waals surface area (Å²) in [6.07, 6.45) is -0.236. The van der Waals surface area contributed by atoms with Crippen LogP contribution in [0, 0.1) is 0 Å². The minimum absolute atomic E-state index is 0.157. The van der Waals surface area contributed by atoms with Gasteiger partial charge >= 0.3 is 0 Å². The van der Waals surface area contributed by atoms with E-state index in [1.165, 1.54) is 0 Å². The zero-order valence-corrected chi connectivity index (χ0v) is 8.19. The molecule has 2 saturated heterocycles. The molecule has 0 N–H and O–H groups in total. The molecule has 2 rings (SSSR count). The van der Waals surface area contributed by atoms with E-state index in [0.29, 0.717) is 6.61 Å². The summed E-state index contributed by atoms with van der Waals surface area (Å²) in [5.41, 5.74) is 0. The molecule has 2 aliphatic rings. The number of piperazine rings is 1. The fraction of sp³-hybridized carbons (Fsp3) is 0.889. The predicted molar refractivity (Wildman–Crippen MR) is 48.4 cm³/mol. The van der Waals surface area contributed by atoms with Crippen molar-refractivity contribution >= 4 is 5.91 Å². The number of fused-ring (bicyclic) bond motifs is 1. The molecule has 0 saturated carbocycles. The second-order valence-electron chi connectivity index (χ2n) is 3.92. The molecular weight excluding hydrogens is 168 g/mol. The highest BCUT2D eigenvalue weighted by Crippen LogP contribution is 2.16. The molecule has 0 spiro atoms. The normalized spacial score (nSPS) is 36.2. The summed E-state index contributed by atoms with van der Waals surface area (Å²) in [4.78, 5) is 15.9. The molecule has 0 aliphatic carbocycles. The van der Waals surface area contributed by atoms with E-state index in [4.69, 9.17) is 4.74 Å². The summed E-state index contributed by atoms with van der Waals surface area (Å²) in [5.74, 6) is 0.157. The van der Waals surface area contributed by atoms with E-state index in [-0.39, 0.29) is 18.1 Å². The lowest BCUT2D eigenvalue weighted by atomic mass is 10.1. The molecule has 2 aliphatic heterocycles. The van der Waals surface area contributed by atoms with Crippen LogP contribution >= 0.6 is 0 Å². The van der Waals surface area contributed by atoms with Gasteiger partial charge in [-0.3, -0.25) is 4.79 Å². The second-order valence-corrected chi connectivity index (χ2v) is 3.92. The summed E-state index contributed by atoms with van der Waals surface area (Å²) >= 11 is 0. The Balaban J connectivity index is 2.06. The van der Waals surface area contributed by atoms with Gasteiger partial charge in [-0.15, -0.1) is 0 Å². The molecule has 0 aromatic rings. The molecule has 1 amide bonds. The van der Waals surface area contributed by atoms with Crippen LogP contribution in [0.25, 0.3) is 0 Å². The number of morpholine rings is 1. The van der Waals surface area contributed by atoms with Crippen LogP contribution in [-0.4, -0.2) is 61.1 Å². The predicted octanol–water partition coefficient (Wildman–Crippen LogP) is -0.452. The van der Waals surface area contributed by atoms with Gasteiger partial charge in [0.1, 0.15) is 6.10 Å². The number of amides is 1. The zero-order valence-electron chi connectivity index (χ0n) is 8.19. The molecule has 0 aromatic carbocycles. The summed E-state index contributed by atoms with van der Waals surface area (Å²) < 4.78 is 5.39. The Morgan fingerprint density at radius 1 is 1.46 bits per heavy atom. The monoisotopic (exact) mass is 184 g/mol. The average Bonchev–Trinajstić information content (AvgIpc) is 2.12. The number of carbonyl (C=O) groups excluding carboxylic acids is 1. The van der Waals surface area contributed by atoms with Crippen LogP contribution in [0.4, 0.5) is 0 Å². The molecule has 2 fully saturated rings. The van der Waals surface area contributed by atoms with Gasteiger partial charge in [-0.05, 0) is 14.0 Å². The van der Waals surface area contributed by atoms with Crippen molar-refractivity contribution in [2.45, 2.75) is 19.1 Å². The Morgan fingerprint density at radius 2 is 2.23 bits per heavy atom. The molecule has 2 heterocycles. The van der Waals surface area contributed by atoms with Gasteiger partial charge in [0.2, 0.25) is 0 Å². The Bertz CT molecular complexity index is 220. The highest BCUT2D eigenvalue weighted by molar-refractivity contribution is 5.81. The van der Waals surface area contributed by atoms with E-state index in [1.54, 1.807) is 0 Å². The minimum Gasteiger partial charge on any atom is -0.366 e. The van der Waals surface area contributed by atoms with Gasteiger partial charge < -0.3 is 14.5 Å². The van der Waals surface area contributed by atoms with Crippen molar-refractivity contribution in [1.29, 1.82) is 0 Å². The molecule has 0 radical (unpaired) electrons. The molecule has 4 heteroatoms. The third-order valence-electron chi connectivity index (χ3n) is 2.86. The first kappa shape index (κ1) is 8.97. The van der Waals surface area contributed by atoms with E-state index < -0.39 is 0 Å². The van der Waals surface area contributed by atoms with Crippen molar-refractivity contribution in [3.8, 4) is 0 Å². The number of hydrogen-bond donors (Lipinski definition) is 0. The number of nitrogens with zero attached hydrogens (tertiary/aromatic N) is 2. The van der Waals surface area contributed by atoms with E-state index >= 15 is 0 Å². The van der Waals surface area contributed by atoms with Gasteiger partial charge in [-0.1, -0.05) is 0 Å². The summed E-state index contributed by atoms with van der Waals surface area (Å²) in [6, 6.07) is 0.280. The Kier molecular flexibility index (Phi) is 2.26. The van der Waals surface area contributed by atoms with E-state index in [9.17, 15) is 4.79 Å². The molecular formula is C9H16N2O2. The fourth-order valence-electron chi connectivity index (χ4n) is 2.00. The number of likely N-dealkylation sites (N-methyl/N-ethyl adjacent to an activating group) is 1. The van der Waals surface area contributed by atoms with Crippen LogP contribution in [0.1, 0.15) is 6.92 Å². The second kappa shape index (κ2) is 3.27. The smallest absolute Gasteiger partial charge is 0.251 e. The third kappa shape index (κ3) is 1.56.